The van der Waals surface area contributed by atoms with Gasteiger partial charge in [-0.1, -0.05) is 24.1 Å². The molecule has 0 amide bonds. The molecular weight excluding hydrogens is 214 g/mol. The van der Waals surface area contributed by atoms with Crippen LogP contribution in [0, 0.1) is 26.2 Å². The van der Waals surface area contributed by atoms with E-state index in [4.69, 9.17) is 6.42 Å². The van der Waals surface area contributed by atoms with E-state index in [1.807, 2.05) is 0 Å². The Balaban J connectivity index is 2.30. The summed E-state index contributed by atoms with van der Waals surface area (Å²) >= 11 is 1.80. The second-order valence-electron chi connectivity index (χ2n) is 3.80. The predicted octanol–water partition coefficient (Wildman–Crippen LogP) is 2.76. The van der Waals surface area contributed by atoms with Crippen LogP contribution in [0.25, 0.3) is 0 Å². The van der Waals surface area contributed by atoms with E-state index in [0.29, 0.717) is 0 Å². The normalized spacial score (nSPS) is 10.1. The monoisotopic (exact) mass is 233 g/mol. The van der Waals surface area contributed by atoms with Crippen molar-refractivity contribution in [3.63, 3.8) is 0 Å². The highest BCUT2D eigenvalue weighted by atomic mass is 32.2. The van der Waals surface area contributed by atoms with Gasteiger partial charge < -0.3 is 5.32 Å². The fourth-order valence-electron chi connectivity index (χ4n) is 1.62. The van der Waals surface area contributed by atoms with Gasteiger partial charge in [-0.05, 0) is 30.5 Å². The number of hydrogen-bond acceptors (Lipinski definition) is 2. The van der Waals surface area contributed by atoms with Gasteiger partial charge in [0.05, 0.1) is 5.75 Å². The second kappa shape index (κ2) is 7.38. The van der Waals surface area contributed by atoms with Crippen LogP contribution in [0.2, 0.25) is 0 Å². The topological polar surface area (TPSA) is 12.0 Å². The van der Waals surface area contributed by atoms with E-state index in [1.54, 1.807) is 11.8 Å². The molecule has 0 aromatic heterocycles. The van der Waals surface area contributed by atoms with Crippen LogP contribution in [0.3, 0.4) is 0 Å². The highest BCUT2D eigenvalue weighted by Crippen LogP contribution is 2.12. The smallest absolute Gasteiger partial charge is 0.0545 e. The number of hydrogen-bond donors (Lipinski definition) is 1. The van der Waals surface area contributed by atoms with Crippen molar-refractivity contribution in [2.45, 2.75) is 20.4 Å². The molecule has 0 bridgehead atoms. The van der Waals surface area contributed by atoms with Crippen molar-refractivity contribution >= 4 is 11.8 Å². The number of terminal acetylenes is 1. The van der Waals surface area contributed by atoms with Gasteiger partial charge in [0, 0.05) is 18.8 Å². The van der Waals surface area contributed by atoms with Crippen molar-refractivity contribution in [1.82, 2.24) is 5.32 Å². The van der Waals surface area contributed by atoms with Crippen LogP contribution < -0.4 is 5.32 Å². The Labute approximate surface area is 103 Å². The molecule has 2 heteroatoms. The highest BCUT2D eigenvalue weighted by Gasteiger charge is 2.00. The minimum absolute atomic E-state index is 0.811. The first kappa shape index (κ1) is 13.2. The molecule has 0 fully saturated rings. The maximum atomic E-state index is 5.18. The maximum absolute atomic E-state index is 5.18. The van der Waals surface area contributed by atoms with E-state index in [-0.39, 0.29) is 0 Å². The van der Waals surface area contributed by atoms with E-state index in [9.17, 15) is 0 Å². The lowest BCUT2D eigenvalue weighted by molar-refractivity contribution is 0.725. The molecule has 1 rings (SSSR count). The fourth-order valence-corrected chi connectivity index (χ4v) is 2.17. The molecule has 0 aliphatic rings. The van der Waals surface area contributed by atoms with E-state index in [2.05, 4.69) is 43.3 Å². The molecule has 1 nitrogen and oxygen atoms in total. The summed E-state index contributed by atoms with van der Waals surface area (Å²) in [6, 6.07) is 6.44. The zero-order valence-electron chi connectivity index (χ0n) is 10.0. The molecule has 0 heterocycles. The van der Waals surface area contributed by atoms with Crippen molar-refractivity contribution in [3.05, 3.63) is 34.9 Å². The third kappa shape index (κ3) is 4.30. The van der Waals surface area contributed by atoms with E-state index >= 15 is 0 Å². The lowest BCUT2D eigenvalue weighted by atomic mass is 10.0. The van der Waals surface area contributed by atoms with Crippen molar-refractivity contribution in [3.8, 4) is 12.3 Å². The van der Waals surface area contributed by atoms with E-state index in [1.165, 1.54) is 16.7 Å². The van der Waals surface area contributed by atoms with Gasteiger partial charge in [-0.15, -0.1) is 18.2 Å². The van der Waals surface area contributed by atoms with Crippen molar-refractivity contribution in [2.24, 2.45) is 0 Å². The van der Waals surface area contributed by atoms with Gasteiger partial charge in [0.1, 0.15) is 0 Å². The van der Waals surface area contributed by atoms with E-state index in [0.717, 1.165) is 24.6 Å². The third-order valence-corrected chi connectivity index (χ3v) is 3.42. The molecule has 16 heavy (non-hydrogen) atoms. The molecule has 0 radical (unpaired) electrons. The molecule has 0 aliphatic heterocycles. The molecule has 0 aliphatic carbocycles. The average Bonchev–Trinajstić information content (AvgIpc) is 2.26. The Morgan fingerprint density at radius 3 is 2.62 bits per heavy atom. The zero-order valence-corrected chi connectivity index (χ0v) is 10.9. The summed E-state index contributed by atoms with van der Waals surface area (Å²) in [6.07, 6.45) is 5.18. The summed E-state index contributed by atoms with van der Waals surface area (Å²) in [5.74, 6) is 4.52. The Hall–Kier alpha value is -0.910. The van der Waals surface area contributed by atoms with Crippen molar-refractivity contribution < 1.29 is 0 Å². The van der Waals surface area contributed by atoms with Crippen LogP contribution in [0.4, 0.5) is 0 Å². The highest BCUT2D eigenvalue weighted by molar-refractivity contribution is 7.99. The molecule has 0 atom stereocenters. The summed E-state index contributed by atoms with van der Waals surface area (Å²) in [7, 11) is 0. The average molecular weight is 233 g/mol. The van der Waals surface area contributed by atoms with Gasteiger partial charge >= 0.3 is 0 Å². The third-order valence-electron chi connectivity index (χ3n) is 2.55. The summed E-state index contributed by atoms with van der Waals surface area (Å²) in [5, 5.41) is 3.45. The minimum atomic E-state index is 0.811. The number of benzene rings is 1. The largest absolute Gasteiger partial charge is 0.312 e. The van der Waals surface area contributed by atoms with Gasteiger partial charge in [0.2, 0.25) is 0 Å². The van der Waals surface area contributed by atoms with Crippen LogP contribution in [-0.2, 0) is 6.54 Å². The Kier molecular flexibility index (Phi) is 6.07. The molecule has 86 valence electrons. The molecule has 0 saturated carbocycles. The predicted molar refractivity (Wildman–Crippen MR) is 73.8 cm³/mol. The molecule has 0 saturated heterocycles. The molecular formula is C14H19NS. The number of thioether (sulfide) groups is 1. The second-order valence-corrected chi connectivity index (χ2v) is 4.91. The molecule has 1 N–H and O–H groups in total. The summed E-state index contributed by atoms with van der Waals surface area (Å²) in [6.45, 7) is 6.30. The summed E-state index contributed by atoms with van der Waals surface area (Å²) in [5.41, 5.74) is 4.15. The molecule has 0 spiro atoms. The van der Waals surface area contributed by atoms with Crippen LogP contribution >= 0.6 is 11.8 Å². The zero-order chi connectivity index (χ0) is 11.8. The number of nitrogens with one attached hydrogen (secondary N) is 1. The van der Waals surface area contributed by atoms with Crippen LogP contribution in [0.5, 0.6) is 0 Å². The Morgan fingerprint density at radius 1 is 1.31 bits per heavy atom. The van der Waals surface area contributed by atoms with Gasteiger partial charge in [0.25, 0.3) is 0 Å². The number of rotatable bonds is 6. The molecule has 0 unspecified atom stereocenters. The van der Waals surface area contributed by atoms with Crippen molar-refractivity contribution in [1.29, 1.82) is 0 Å². The first-order valence-corrected chi connectivity index (χ1v) is 6.68. The lowest BCUT2D eigenvalue weighted by Crippen LogP contribution is -2.18. The summed E-state index contributed by atoms with van der Waals surface area (Å²) < 4.78 is 0. The molecule has 1 aromatic rings. The fraction of sp³-hybridized carbons (Fsp3) is 0.429. The first-order valence-electron chi connectivity index (χ1n) is 5.52. The minimum Gasteiger partial charge on any atom is -0.312 e. The first-order chi connectivity index (χ1) is 7.75. The van der Waals surface area contributed by atoms with Crippen LogP contribution in [-0.4, -0.2) is 18.1 Å². The summed E-state index contributed by atoms with van der Waals surface area (Å²) in [4.78, 5) is 0. The quantitative estimate of drug-likeness (QED) is 0.599. The maximum Gasteiger partial charge on any atom is 0.0545 e. The van der Waals surface area contributed by atoms with Crippen LogP contribution in [0.1, 0.15) is 16.7 Å². The Morgan fingerprint density at radius 2 is 2.00 bits per heavy atom. The van der Waals surface area contributed by atoms with Gasteiger partial charge in [-0.25, -0.2) is 0 Å². The van der Waals surface area contributed by atoms with Gasteiger partial charge in [0.15, 0.2) is 0 Å². The van der Waals surface area contributed by atoms with Gasteiger partial charge in [-0.3, -0.25) is 0 Å². The van der Waals surface area contributed by atoms with E-state index < -0.39 is 0 Å². The lowest BCUT2D eigenvalue weighted by Gasteiger charge is -2.10. The van der Waals surface area contributed by atoms with Gasteiger partial charge in [-0.2, -0.15) is 0 Å². The standard InChI is InChI=1S/C14H19NS/c1-4-9-16-10-8-15-11-14-12(2)6-5-7-13(14)3/h1,5-7,15H,8-11H2,2-3H3. The molecule has 1 aromatic carbocycles. The Bertz CT molecular complexity index is 345. The van der Waals surface area contributed by atoms with Crippen molar-refractivity contribution in [2.75, 3.05) is 18.1 Å². The number of aryl methyl sites for hydroxylation is 2. The SMILES string of the molecule is C#CCSCCNCc1c(C)cccc1C. The van der Waals surface area contributed by atoms with Crippen LogP contribution in [0.15, 0.2) is 18.2 Å².